The third-order valence-electron chi connectivity index (χ3n) is 5.79. The predicted octanol–water partition coefficient (Wildman–Crippen LogP) is 6.80. The van der Waals surface area contributed by atoms with E-state index in [0.29, 0.717) is 11.2 Å². The van der Waals surface area contributed by atoms with E-state index in [1.54, 1.807) is 5.57 Å². The van der Waals surface area contributed by atoms with Gasteiger partial charge in [-0.1, -0.05) is 74.7 Å². The first-order chi connectivity index (χ1) is 12.8. The van der Waals surface area contributed by atoms with E-state index < -0.39 is 0 Å². The summed E-state index contributed by atoms with van der Waals surface area (Å²) >= 11 is 0. The second kappa shape index (κ2) is 8.31. The number of hydrogen-bond donors (Lipinski definition) is 0. The van der Waals surface area contributed by atoms with Crippen LogP contribution in [0, 0.1) is 11.8 Å². The first-order valence-electron chi connectivity index (χ1n) is 10.1. The van der Waals surface area contributed by atoms with Crippen molar-refractivity contribution in [3.05, 3.63) is 84.5 Å². The minimum Gasteiger partial charge on any atom is -0.0729 e. The highest BCUT2D eigenvalue weighted by molar-refractivity contribution is 7.97. The molecule has 1 fully saturated rings. The van der Waals surface area contributed by atoms with Crippen molar-refractivity contribution in [1.82, 2.24) is 0 Å². The Morgan fingerprint density at radius 2 is 1.35 bits per heavy atom. The normalized spacial score (nSPS) is 23.8. The first-order valence-corrected chi connectivity index (χ1v) is 11.3. The van der Waals surface area contributed by atoms with Crippen LogP contribution in [0.25, 0.3) is 0 Å². The average Bonchev–Trinajstić information content (AvgIpc) is 2.72. The van der Waals surface area contributed by atoms with E-state index in [4.69, 9.17) is 0 Å². The average molecular weight is 362 g/mol. The summed E-state index contributed by atoms with van der Waals surface area (Å²) in [5.74, 6) is 1.39. The molecule has 0 heterocycles. The zero-order valence-electron chi connectivity index (χ0n) is 15.7. The van der Waals surface area contributed by atoms with Gasteiger partial charge in [-0.2, -0.15) is 0 Å². The maximum absolute atomic E-state index is 2.59. The van der Waals surface area contributed by atoms with Gasteiger partial charge in [0.15, 0.2) is 15.0 Å². The Hall–Kier alpha value is -1.73. The van der Waals surface area contributed by atoms with Gasteiger partial charge >= 0.3 is 0 Å². The summed E-state index contributed by atoms with van der Waals surface area (Å²) in [4.78, 5) is 2.91. The molecule has 2 unspecified atom stereocenters. The lowest BCUT2D eigenvalue weighted by molar-refractivity contribution is 0.405. The second-order valence-corrected chi connectivity index (χ2v) is 9.81. The van der Waals surface area contributed by atoms with Gasteiger partial charge in [-0.05, 0) is 54.7 Å². The summed E-state index contributed by atoms with van der Waals surface area (Å²) in [6, 6.07) is 22.2. The molecule has 2 atom stereocenters. The van der Waals surface area contributed by atoms with Gasteiger partial charge in [-0.3, -0.25) is 0 Å². The van der Waals surface area contributed by atoms with Crippen molar-refractivity contribution in [3.8, 4) is 0 Å². The van der Waals surface area contributed by atoms with Crippen LogP contribution in [0.4, 0.5) is 0 Å². The van der Waals surface area contributed by atoms with Gasteiger partial charge in [-0.25, -0.2) is 0 Å². The molecule has 2 aromatic rings. The molecule has 0 bridgehead atoms. The van der Waals surface area contributed by atoms with Crippen LogP contribution in [0.3, 0.4) is 0 Å². The van der Waals surface area contributed by atoms with Gasteiger partial charge < -0.3 is 0 Å². The molecule has 0 saturated heterocycles. The van der Waals surface area contributed by atoms with Crippen LogP contribution in [0.15, 0.2) is 94.3 Å². The number of benzene rings is 2. The quantitative estimate of drug-likeness (QED) is 0.525. The molecule has 26 heavy (non-hydrogen) atoms. The van der Waals surface area contributed by atoms with Gasteiger partial charge in [0, 0.05) is 5.92 Å². The molecule has 0 amide bonds. The fraction of sp³-hybridized carbons (Fsp3) is 0.360. The van der Waals surface area contributed by atoms with E-state index in [2.05, 4.69) is 85.8 Å². The fourth-order valence-corrected chi connectivity index (χ4v) is 6.97. The van der Waals surface area contributed by atoms with Gasteiger partial charge in [-0.15, -0.1) is 0 Å². The third kappa shape index (κ3) is 3.83. The minimum absolute atomic E-state index is 0.0810. The summed E-state index contributed by atoms with van der Waals surface area (Å²) in [6.07, 6.45) is 14.6. The smallest absolute Gasteiger partial charge is 0.0729 e. The van der Waals surface area contributed by atoms with Gasteiger partial charge in [0.1, 0.15) is 0 Å². The Labute approximate surface area is 161 Å². The Morgan fingerprint density at radius 1 is 0.769 bits per heavy atom. The van der Waals surface area contributed by atoms with E-state index in [-0.39, 0.29) is 10.9 Å². The molecule has 134 valence electrons. The Kier molecular flexibility index (Phi) is 5.65. The van der Waals surface area contributed by atoms with E-state index in [9.17, 15) is 0 Å². The SMILES string of the molecule is CC1C=C(C2CCCCC2)C=CC1[S+](c1ccccc1)c1ccccc1. The fourth-order valence-electron chi connectivity index (χ4n) is 4.42. The van der Waals surface area contributed by atoms with Crippen molar-refractivity contribution in [3.63, 3.8) is 0 Å². The summed E-state index contributed by atoms with van der Waals surface area (Å²) in [5.41, 5.74) is 1.61. The molecule has 0 aromatic heterocycles. The van der Waals surface area contributed by atoms with Gasteiger partial charge in [0.05, 0.1) is 10.9 Å². The van der Waals surface area contributed by atoms with Crippen LogP contribution >= 0.6 is 0 Å². The molecular formula is C25H29S+. The zero-order chi connectivity index (χ0) is 17.8. The Bertz CT molecular complexity index is 714. The van der Waals surface area contributed by atoms with Crippen molar-refractivity contribution in [1.29, 1.82) is 0 Å². The van der Waals surface area contributed by atoms with Crippen LogP contribution in [0.1, 0.15) is 39.0 Å². The Balaban J connectivity index is 1.63. The molecular weight excluding hydrogens is 332 g/mol. The lowest BCUT2D eigenvalue weighted by atomic mass is 9.80. The summed E-state index contributed by atoms with van der Waals surface area (Å²) in [7, 11) is 0.0810. The third-order valence-corrected chi connectivity index (χ3v) is 8.49. The summed E-state index contributed by atoms with van der Waals surface area (Å²) < 4.78 is 0. The van der Waals surface area contributed by atoms with E-state index in [0.717, 1.165) is 5.92 Å². The monoisotopic (exact) mass is 361 g/mol. The highest BCUT2D eigenvalue weighted by Gasteiger charge is 2.38. The summed E-state index contributed by atoms with van der Waals surface area (Å²) in [6.45, 7) is 2.42. The van der Waals surface area contributed by atoms with E-state index >= 15 is 0 Å². The predicted molar refractivity (Wildman–Crippen MR) is 114 cm³/mol. The van der Waals surface area contributed by atoms with Crippen LogP contribution in [0.5, 0.6) is 0 Å². The van der Waals surface area contributed by atoms with Crippen LogP contribution in [-0.2, 0) is 10.9 Å². The zero-order valence-corrected chi connectivity index (χ0v) is 16.5. The van der Waals surface area contributed by atoms with E-state index in [1.807, 2.05) is 0 Å². The highest BCUT2D eigenvalue weighted by atomic mass is 32.2. The van der Waals surface area contributed by atoms with E-state index in [1.165, 1.54) is 41.9 Å². The topological polar surface area (TPSA) is 0 Å². The lowest BCUT2D eigenvalue weighted by Crippen LogP contribution is -2.29. The molecule has 0 spiro atoms. The van der Waals surface area contributed by atoms with Gasteiger partial charge in [0.2, 0.25) is 0 Å². The van der Waals surface area contributed by atoms with Crippen molar-refractivity contribution < 1.29 is 0 Å². The molecule has 4 rings (SSSR count). The molecule has 0 radical (unpaired) electrons. The molecule has 1 saturated carbocycles. The number of rotatable bonds is 4. The van der Waals surface area contributed by atoms with Crippen molar-refractivity contribution in [2.45, 2.75) is 54.1 Å². The van der Waals surface area contributed by atoms with Gasteiger partial charge in [0.25, 0.3) is 0 Å². The highest BCUT2D eigenvalue weighted by Crippen LogP contribution is 2.38. The number of hydrogen-bond acceptors (Lipinski definition) is 0. The molecule has 0 aliphatic heterocycles. The summed E-state index contributed by atoms with van der Waals surface area (Å²) in [5, 5.41) is 0.548. The molecule has 2 aliphatic carbocycles. The maximum Gasteiger partial charge on any atom is 0.161 e. The standard InChI is InChI=1S/C25H29S/c1-20-19-22(21-11-5-2-6-12-21)17-18-25(20)26(23-13-7-3-8-14-23)24-15-9-4-10-16-24/h3-4,7-10,13-21,25H,2,5-6,11-12H2,1H3/q+1. The molecule has 0 N–H and O–H groups in total. The molecule has 2 aliphatic rings. The van der Waals surface area contributed by atoms with Crippen LogP contribution < -0.4 is 0 Å². The van der Waals surface area contributed by atoms with Crippen molar-refractivity contribution >= 4 is 10.9 Å². The number of allylic oxidation sites excluding steroid dienone is 3. The first kappa shape index (κ1) is 17.7. The van der Waals surface area contributed by atoms with Crippen LogP contribution in [-0.4, -0.2) is 5.25 Å². The van der Waals surface area contributed by atoms with Crippen molar-refractivity contribution in [2.24, 2.45) is 11.8 Å². The Morgan fingerprint density at radius 3 is 1.88 bits per heavy atom. The second-order valence-electron chi connectivity index (χ2n) is 7.65. The lowest BCUT2D eigenvalue weighted by Gasteiger charge is -2.28. The largest absolute Gasteiger partial charge is 0.161 e. The van der Waals surface area contributed by atoms with Crippen LogP contribution in [0.2, 0.25) is 0 Å². The molecule has 2 aromatic carbocycles. The molecule has 1 heteroatoms. The maximum atomic E-state index is 2.59. The minimum atomic E-state index is 0.0810. The molecule has 0 nitrogen and oxygen atoms in total. The van der Waals surface area contributed by atoms with Crippen molar-refractivity contribution in [2.75, 3.05) is 0 Å².